The molecular weight excluding hydrogens is 519 g/mol. The predicted molar refractivity (Wildman–Crippen MR) is 138 cm³/mol. The van der Waals surface area contributed by atoms with Gasteiger partial charge in [0.1, 0.15) is 12.4 Å². The van der Waals surface area contributed by atoms with Gasteiger partial charge >= 0.3 is 0 Å². The number of aliphatic imine (C=N–C) groups is 1. The molecule has 8 heteroatoms. The van der Waals surface area contributed by atoms with Gasteiger partial charge in [0.25, 0.3) is 5.91 Å². The number of guanidine groups is 1. The SMILES string of the molecule is CN=C(NCCOc1ccccc1)NCc1ccc(C(=O)N2CC(C)OC(C)C2)cc1.I. The highest BCUT2D eigenvalue weighted by Gasteiger charge is 2.26. The number of benzene rings is 2. The van der Waals surface area contributed by atoms with Gasteiger partial charge in [-0.1, -0.05) is 30.3 Å². The monoisotopic (exact) mass is 552 g/mol. The highest BCUT2D eigenvalue weighted by Crippen LogP contribution is 2.15. The molecule has 1 aliphatic rings. The van der Waals surface area contributed by atoms with Gasteiger partial charge in [0, 0.05) is 32.2 Å². The van der Waals surface area contributed by atoms with Gasteiger partial charge in [-0.05, 0) is 43.7 Å². The van der Waals surface area contributed by atoms with Crippen molar-refractivity contribution in [3.8, 4) is 5.75 Å². The standard InChI is InChI=1S/C24H32N4O3.HI/c1-18-16-28(17-19(2)31-18)23(29)21-11-9-20(10-12-21)15-27-24(25-3)26-13-14-30-22-7-5-4-6-8-22;/h4-12,18-19H,13-17H2,1-3H3,(H2,25,26,27);1H. The third-order valence-corrected chi connectivity index (χ3v) is 5.00. The first kappa shape index (κ1) is 25.9. The van der Waals surface area contributed by atoms with Crippen LogP contribution >= 0.6 is 24.0 Å². The Morgan fingerprint density at radius 1 is 1.06 bits per heavy atom. The van der Waals surface area contributed by atoms with E-state index < -0.39 is 0 Å². The van der Waals surface area contributed by atoms with Crippen molar-refractivity contribution in [1.82, 2.24) is 15.5 Å². The van der Waals surface area contributed by atoms with E-state index in [4.69, 9.17) is 9.47 Å². The zero-order valence-electron chi connectivity index (χ0n) is 18.9. The number of ether oxygens (including phenoxy) is 2. The summed E-state index contributed by atoms with van der Waals surface area (Å²) in [5.41, 5.74) is 1.77. The van der Waals surface area contributed by atoms with E-state index in [-0.39, 0.29) is 42.1 Å². The molecule has 32 heavy (non-hydrogen) atoms. The fourth-order valence-electron chi connectivity index (χ4n) is 3.55. The maximum absolute atomic E-state index is 12.8. The molecule has 0 radical (unpaired) electrons. The topological polar surface area (TPSA) is 75.2 Å². The molecule has 7 nitrogen and oxygen atoms in total. The Kier molecular flexibility index (Phi) is 10.8. The number of hydrogen-bond donors (Lipinski definition) is 2. The molecule has 0 aromatic heterocycles. The number of hydrogen-bond acceptors (Lipinski definition) is 4. The Morgan fingerprint density at radius 3 is 2.34 bits per heavy atom. The minimum absolute atomic E-state index is 0. The molecule has 2 atom stereocenters. The van der Waals surface area contributed by atoms with Gasteiger partial charge in [-0.2, -0.15) is 0 Å². The Hall–Kier alpha value is -2.33. The van der Waals surface area contributed by atoms with Crippen LogP contribution in [0.15, 0.2) is 59.6 Å². The van der Waals surface area contributed by atoms with E-state index in [9.17, 15) is 4.79 Å². The molecule has 1 amide bonds. The number of para-hydroxylation sites is 1. The minimum atomic E-state index is 0. The Labute approximate surface area is 207 Å². The number of amides is 1. The average Bonchev–Trinajstić information content (AvgIpc) is 2.78. The third-order valence-electron chi connectivity index (χ3n) is 5.00. The van der Waals surface area contributed by atoms with Crippen LogP contribution in [0, 0.1) is 0 Å². The number of carbonyl (C=O) groups is 1. The van der Waals surface area contributed by atoms with Crippen molar-refractivity contribution in [2.24, 2.45) is 4.99 Å². The largest absolute Gasteiger partial charge is 0.492 e. The van der Waals surface area contributed by atoms with Crippen LogP contribution in [-0.4, -0.2) is 62.3 Å². The van der Waals surface area contributed by atoms with Crippen LogP contribution in [0.4, 0.5) is 0 Å². The molecule has 0 spiro atoms. The predicted octanol–water partition coefficient (Wildman–Crippen LogP) is 3.30. The van der Waals surface area contributed by atoms with E-state index in [0.29, 0.717) is 44.3 Å². The number of halogens is 1. The first-order valence-electron chi connectivity index (χ1n) is 10.7. The Bertz CT molecular complexity index is 851. The first-order valence-corrected chi connectivity index (χ1v) is 10.7. The third kappa shape index (κ3) is 7.98. The molecule has 1 saturated heterocycles. The molecule has 1 heterocycles. The lowest BCUT2D eigenvalue weighted by molar-refractivity contribution is -0.0586. The van der Waals surface area contributed by atoms with Crippen LogP contribution in [0.25, 0.3) is 0 Å². The van der Waals surface area contributed by atoms with Crippen LogP contribution in [0.2, 0.25) is 0 Å². The zero-order valence-corrected chi connectivity index (χ0v) is 21.2. The zero-order chi connectivity index (χ0) is 22.1. The summed E-state index contributed by atoms with van der Waals surface area (Å²) >= 11 is 0. The number of carbonyl (C=O) groups excluding carboxylic acids is 1. The van der Waals surface area contributed by atoms with Crippen molar-refractivity contribution >= 4 is 35.8 Å². The van der Waals surface area contributed by atoms with E-state index in [1.165, 1.54) is 0 Å². The van der Waals surface area contributed by atoms with Gasteiger partial charge in [-0.25, -0.2) is 0 Å². The van der Waals surface area contributed by atoms with Crippen LogP contribution in [0.3, 0.4) is 0 Å². The van der Waals surface area contributed by atoms with Crippen molar-refractivity contribution in [2.75, 3.05) is 33.3 Å². The summed E-state index contributed by atoms with van der Waals surface area (Å²) in [5.74, 6) is 1.60. The van der Waals surface area contributed by atoms with Crippen molar-refractivity contribution in [2.45, 2.75) is 32.6 Å². The maximum Gasteiger partial charge on any atom is 0.254 e. The molecule has 2 aromatic carbocycles. The lowest BCUT2D eigenvalue weighted by Crippen LogP contribution is -2.48. The van der Waals surface area contributed by atoms with Crippen LogP contribution < -0.4 is 15.4 Å². The summed E-state index contributed by atoms with van der Waals surface area (Å²) in [6.07, 6.45) is 0.127. The van der Waals surface area contributed by atoms with E-state index in [1.807, 2.05) is 73.3 Å². The Balaban J connectivity index is 0.00000363. The highest BCUT2D eigenvalue weighted by atomic mass is 127. The van der Waals surface area contributed by atoms with Crippen molar-refractivity contribution < 1.29 is 14.3 Å². The van der Waals surface area contributed by atoms with Gasteiger partial charge < -0.3 is 25.0 Å². The minimum Gasteiger partial charge on any atom is -0.492 e. The van der Waals surface area contributed by atoms with Gasteiger partial charge in [0.05, 0.1) is 18.8 Å². The summed E-state index contributed by atoms with van der Waals surface area (Å²) in [4.78, 5) is 18.9. The normalized spacial score (nSPS) is 18.5. The van der Waals surface area contributed by atoms with Crippen molar-refractivity contribution in [3.63, 3.8) is 0 Å². The lowest BCUT2D eigenvalue weighted by Gasteiger charge is -2.35. The van der Waals surface area contributed by atoms with Gasteiger partial charge in [-0.15, -0.1) is 24.0 Å². The fraction of sp³-hybridized carbons (Fsp3) is 0.417. The van der Waals surface area contributed by atoms with E-state index in [2.05, 4.69) is 15.6 Å². The molecule has 2 unspecified atom stereocenters. The average molecular weight is 552 g/mol. The molecule has 0 saturated carbocycles. The maximum atomic E-state index is 12.8. The molecule has 0 bridgehead atoms. The fourth-order valence-corrected chi connectivity index (χ4v) is 3.55. The summed E-state index contributed by atoms with van der Waals surface area (Å²) in [6, 6.07) is 17.4. The number of nitrogens with one attached hydrogen (secondary N) is 2. The van der Waals surface area contributed by atoms with Crippen molar-refractivity contribution in [3.05, 3.63) is 65.7 Å². The Morgan fingerprint density at radius 2 is 1.72 bits per heavy atom. The molecule has 174 valence electrons. The number of nitrogens with zero attached hydrogens (tertiary/aromatic N) is 2. The molecule has 1 fully saturated rings. The van der Waals surface area contributed by atoms with Gasteiger partial charge in [-0.3, -0.25) is 9.79 Å². The van der Waals surface area contributed by atoms with Gasteiger partial charge in [0.15, 0.2) is 5.96 Å². The second-order valence-corrected chi connectivity index (χ2v) is 7.68. The second-order valence-electron chi connectivity index (χ2n) is 7.68. The molecule has 2 aromatic rings. The first-order chi connectivity index (χ1) is 15.0. The number of morpholine rings is 1. The van der Waals surface area contributed by atoms with Crippen LogP contribution in [0.5, 0.6) is 5.75 Å². The molecular formula is C24H33IN4O3. The van der Waals surface area contributed by atoms with Crippen LogP contribution in [-0.2, 0) is 11.3 Å². The van der Waals surface area contributed by atoms with E-state index >= 15 is 0 Å². The van der Waals surface area contributed by atoms with E-state index in [1.54, 1.807) is 7.05 Å². The summed E-state index contributed by atoms with van der Waals surface area (Å²) in [5, 5.41) is 6.51. The molecule has 0 aliphatic carbocycles. The van der Waals surface area contributed by atoms with E-state index in [0.717, 1.165) is 11.3 Å². The molecule has 2 N–H and O–H groups in total. The van der Waals surface area contributed by atoms with Gasteiger partial charge in [0.2, 0.25) is 0 Å². The second kappa shape index (κ2) is 13.3. The van der Waals surface area contributed by atoms with Crippen LogP contribution in [0.1, 0.15) is 29.8 Å². The summed E-state index contributed by atoms with van der Waals surface area (Å²) in [7, 11) is 1.74. The summed E-state index contributed by atoms with van der Waals surface area (Å²) in [6.45, 7) is 7.04. The molecule has 3 rings (SSSR count). The summed E-state index contributed by atoms with van der Waals surface area (Å²) < 4.78 is 11.4. The lowest BCUT2D eigenvalue weighted by atomic mass is 10.1. The molecule has 1 aliphatic heterocycles. The number of rotatable bonds is 7. The smallest absolute Gasteiger partial charge is 0.254 e. The quantitative estimate of drug-likeness (QED) is 0.239. The highest BCUT2D eigenvalue weighted by molar-refractivity contribution is 14.0. The van der Waals surface area contributed by atoms with Crippen molar-refractivity contribution in [1.29, 1.82) is 0 Å².